The minimum absolute atomic E-state index is 0. The van der Waals surface area contributed by atoms with Gasteiger partial charge in [0.2, 0.25) is 5.91 Å². The van der Waals surface area contributed by atoms with Gasteiger partial charge in [-0.25, -0.2) is 0 Å². The summed E-state index contributed by atoms with van der Waals surface area (Å²) >= 11 is 0. The fourth-order valence-electron chi connectivity index (χ4n) is 0.589. The molecule has 0 saturated heterocycles. The van der Waals surface area contributed by atoms with Gasteiger partial charge in [-0.1, -0.05) is 6.08 Å². The number of amides is 1. The first kappa shape index (κ1) is 13.4. The molecule has 4 heteroatoms. The number of rotatable bonds is 4. The number of aliphatic hydroxyl groups excluding tert-OH is 1. The maximum atomic E-state index is 10.4. The molecule has 72 valence electrons. The van der Waals surface area contributed by atoms with Crippen LogP contribution in [0.2, 0.25) is 0 Å². The fraction of sp³-hybridized carbons (Fsp3) is 0.500. The normalized spacial score (nSPS) is 10.2. The van der Waals surface area contributed by atoms with Gasteiger partial charge in [0.15, 0.2) is 0 Å². The molecule has 0 aromatic carbocycles. The van der Waals surface area contributed by atoms with E-state index in [9.17, 15) is 9.59 Å². The highest BCUT2D eigenvalue weighted by atomic mass is 16.2. The third-order valence-corrected chi connectivity index (χ3v) is 0.974. The molecular weight excluding hydrogens is 158 g/mol. The highest BCUT2D eigenvalue weighted by Crippen LogP contribution is 1.87. The van der Waals surface area contributed by atoms with Crippen molar-refractivity contribution < 1.29 is 16.1 Å². The summed E-state index contributed by atoms with van der Waals surface area (Å²) in [5.41, 5.74) is 0. The van der Waals surface area contributed by atoms with Crippen molar-refractivity contribution in [2.75, 3.05) is 7.11 Å². The number of carbonyl (C=O) groups excluding carboxylic acids is 2. The van der Waals surface area contributed by atoms with E-state index < -0.39 is 6.04 Å². The van der Waals surface area contributed by atoms with Crippen LogP contribution >= 0.6 is 0 Å². The van der Waals surface area contributed by atoms with Crippen molar-refractivity contribution in [3.8, 4) is 0 Å². The molecule has 0 aliphatic heterocycles. The van der Waals surface area contributed by atoms with Crippen LogP contribution in [0, 0.1) is 0 Å². The molecule has 12 heavy (non-hydrogen) atoms. The van der Waals surface area contributed by atoms with E-state index in [1.807, 2.05) is 0 Å². The highest BCUT2D eigenvalue weighted by molar-refractivity contribution is 5.77. The Morgan fingerprint density at radius 2 is 2.25 bits per heavy atom. The Morgan fingerprint density at radius 3 is 2.50 bits per heavy atom. The predicted octanol–water partition coefficient (Wildman–Crippen LogP) is 0.121. The molecule has 0 bridgehead atoms. The van der Waals surface area contributed by atoms with Gasteiger partial charge < -0.3 is 15.2 Å². The van der Waals surface area contributed by atoms with E-state index in [1.165, 1.54) is 6.92 Å². The maximum Gasteiger partial charge on any atom is 0.217 e. The Labute approximate surface area is 73.8 Å². The smallest absolute Gasteiger partial charge is 0.217 e. The van der Waals surface area contributed by atoms with Crippen LogP contribution in [0.4, 0.5) is 0 Å². The minimum Gasteiger partial charge on any atom is -0.400 e. The van der Waals surface area contributed by atoms with Gasteiger partial charge in [0.05, 0.1) is 6.04 Å². The molecule has 0 fully saturated rings. The molecule has 1 atom stereocenters. The second kappa shape index (κ2) is 9.84. The van der Waals surface area contributed by atoms with Crippen LogP contribution in [0.15, 0.2) is 12.7 Å². The molecule has 0 aliphatic rings. The van der Waals surface area contributed by atoms with Crippen LogP contribution in [0.5, 0.6) is 0 Å². The van der Waals surface area contributed by atoms with Crippen molar-refractivity contribution in [2.45, 2.75) is 19.4 Å². The van der Waals surface area contributed by atoms with E-state index in [2.05, 4.69) is 11.9 Å². The molecule has 0 spiro atoms. The minimum atomic E-state index is -0.407. The number of aldehydes is 1. The molecule has 0 unspecified atom stereocenters. The molecular formula is C8H17NO3. The van der Waals surface area contributed by atoms with Crippen LogP contribution in [-0.4, -0.2) is 30.5 Å². The van der Waals surface area contributed by atoms with E-state index in [0.29, 0.717) is 12.7 Å². The van der Waals surface area contributed by atoms with Crippen molar-refractivity contribution in [1.82, 2.24) is 5.32 Å². The molecule has 0 radical (unpaired) electrons. The van der Waals surface area contributed by atoms with E-state index in [1.54, 1.807) is 6.08 Å². The van der Waals surface area contributed by atoms with Crippen molar-refractivity contribution in [3.63, 3.8) is 0 Å². The third kappa shape index (κ3) is 8.84. The topological polar surface area (TPSA) is 66.4 Å². The zero-order valence-corrected chi connectivity index (χ0v) is 7.41. The monoisotopic (exact) mass is 175 g/mol. The molecule has 0 aliphatic carbocycles. The Balaban J connectivity index is -0.000000309. The van der Waals surface area contributed by atoms with Gasteiger partial charge in [0, 0.05) is 15.5 Å². The first-order valence-electron chi connectivity index (χ1n) is 3.48. The molecule has 2 N–H and O–H groups in total. The van der Waals surface area contributed by atoms with Crippen LogP contribution in [-0.2, 0) is 9.59 Å². The van der Waals surface area contributed by atoms with Crippen LogP contribution in [0.25, 0.3) is 0 Å². The standard InChI is InChI=1S/C7H11NO2.CH4O.H2/c1-3-4-7(5-9)8-6(2)10;1-2;/h3,5,7H,1,4H2,2H3,(H,8,10);2H,1H3;1H/t7-;;/m0../s1. The average molecular weight is 175 g/mol. The second-order valence-corrected chi connectivity index (χ2v) is 1.97. The van der Waals surface area contributed by atoms with Crippen molar-refractivity contribution in [3.05, 3.63) is 12.7 Å². The fourth-order valence-corrected chi connectivity index (χ4v) is 0.589. The van der Waals surface area contributed by atoms with E-state index >= 15 is 0 Å². The van der Waals surface area contributed by atoms with Gasteiger partial charge >= 0.3 is 0 Å². The summed E-state index contributed by atoms with van der Waals surface area (Å²) in [4.78, 5) is 20.6. The summed E-state index contributed by atoms with van der Waals surface area (Å²) in [6.07, 6.45) is 2.78. The highest BCUT2D eigenvalue weighted by Gasteiger charge is 2.03. The summed E-state index contributed by atoms with van der Waals surface area (Å²) in [5, 5.41) is 9.45. The Bertz CT molecular complexity index is 150. The molecule has 0 aromatic rings. The Hall–Kier alpha value is -1.16. The predicted molar refractivity (Wildman–Crippen MR) is 48.7 cm³/mol. The van der Waals surface area contributed by atoms with E-state index in [4.69, 9.17) is 5.11 Å². The van der Waals surface area contributed by atoms with Gasteiger partial charge in [0.1, 0.15) is 6.29 Å². The summed E-state index contributed by atoms with van der Waals surface area (Å²) in [6.45, 7) is 4.82. The first-order valence-corrected chi connectivity index (χ1v) is 3.48. The molecule has 4 nitrogen and oxygen atoms in total. The maximum absolute atomic E-state index is 10.4. The average Bonchev–Trinajstić information content (AvgIpc) is 2.07. The molecule has 0 heterocycles. The molecule has 1 amide bonds. The molecule has 0 aromatic heterocycles. The zero-order valence-electron chi connectivity index (χ0n) is 7.41. The van der Waals surface area contributed by atoms with Crippen LogP contribution in [0.1, 0.15) is 14.8 Å². The van der Waals surface area contributed by atoms with E-state index in [0.717, 1.165) is 7.11 Å². The zero-order chi connectivity index (χ0) is 9.98. The number of hydrogen-bond acceptors (Lipinski definition) is 3. The van der Waals surface area contributed by atoms with Crippen molar-refractivity contribution in [1.29, 1.82) is 0 Å². The van der Waals surface area contributed by atoms with Crippen molar-refractivity contribution >= 4 is 12.2 Å². The molecule has 0 saturated carbocycles. The van der Waals surface area contributed by atoms with Crippen molar-refractivity contribution in [2.24, 2.45) is 0 Å². The lowest BCUT2D eigenvalue weighted by molar-refractivity contribution is -0.122. The van der Waals surface area contributed by atoms with Gasteiger partial charge in [-0.05, 0) is 6.42 Å². The van der Waals surface area contributed by atoms with Gasteiger partial charge in [0.25, 0.3) is 0 Å². The van der Waals surface area contributed by atoms with E-state index in [-0.39, 0.29) is 7.33 Å². The lowest BCUT2D eigenvalue weighted by Gasteiger charge is -2.06. The second-order valence-electron chi connectivity index (χ2n) is 1.97. The number of nitrogens with one attached hydrogen (secondary N) is 1. The Kier molecular flexibility index (Phi) is 11.0. The molecule has 0 rings (SSSR count). The SMILES string of the molecule is C=CC[C@@H](C=O)NC(C)=O.CO.[HH]. The van der Waals surface area contributed by atoms with Gasteiger partial charge in [-0.2, -0.15) is 0 Å². The van der Waals surface area contributed by atoms with Crippen LogP contribution in [0.3, 0.4) is 0 Å². The first-order chi connectivity index (χ1) is 5.70. The third-order valence-electron chi connectivity index (χ3n) is 0.974. The van der Waals surface area contributed by atoms with Gasteiger partial charge in [-0.15, -0.1) is 6.58 Å². The summed E-state index contributed by atoms with van der Waals surface area (Å²) in [5.74, 6) is -0.195. The number of hydrogen-bond donors (Lipinski definition) is 2. The number of carbonyl (C=O) groups is 2. The van der Waals surface area contributed by atoms with Gasteiger partial charge in [-0.3, -0.25) is 4.79 Å². The van der Waals surface area contributed by atoms with Crippen LogP contribution < -0.4 is 5.32 Å². The lowest BCUT2D eigenvalue weighted by atomic mass is 10.2. The quantitative estimate of drug-likeness (QED) is 0.471. The Morgan fingerprint density at radius 1 is 1.75 bits per heavy atom. The lowest BCUT2D eigenvalue weighted by Crippen LogP contribution is -2.33. The largest absolute Gasteiger partial charge is 0.400 e. The number of aliphatic hydroxyl groups is 1. The summed E-state index contributed by atoms with van der Waals surface area (Å²) < 4.78 is 0. The summed E-state index contributed by atoms with van der Waals surface area (Å²) in [7, 11) is 1.00. The summed E-state index contributed by atoms with van der Waals surface area (Å²) in [6, 6.07) is -0.407.